The molecule has 0 unspecified atom stereocenters. The van der Waals surface area contributed by atoms with Crippen LogP contribution >= 0.6 is 0 Å². The first kappa shape index (κ1) is 16.0. The van der Waals surface area contributed by atoms with E-state index in [2.05, 4.69) is 17.4 Å². The SMILES string of the molecule is O=C(O)[C@@H]1[C@H]2CC[C@@H](C2)[C@@H]1C(=O)NCCCCc1ccccc1. The zero-order valence-corrected chi connectivity index (χ0v) is 13.4. The number of benzene rings is 1. The molecule has 0 spiro atoms. The van der Waals surface area contributed by atoms with Crippen LogP contribution < -0.4 is 5.32 Å². The van der Waals surface area contributed by atoms with Crippen molar-refractivity contribution in [2.45, 2.75) is 38.5 Å². The van der Waals surface area contributed by atoms with Crippen LogP contribution in [0.15, 0.2) is 30.3 Å². The lowest BCUT2D eigenvalue weighted by atomic mass is 9.78. The van der Waals surface area contributed by atoms with Crippen LogP contribution in [0.1, 0.15) is 37.7 Å². The third-order valence-electron chi connectivity index (χ3n) is 5.54. The minimum absolute atomic E-state index is 0.0377. The summed E-state index contributed by atoms with van der Waals surface area (Å²) >= 11 is 0. The van der Waals surface area contributed by atoms with Gasteiger partial charge in [-0.1, -0.05) is 30.3 Å². The molecule has 4 nitrogen and oxygen atoms in total. The fraction of sp³-hybridized carbons (Fsp3) is 0.579. The van der Waals surface area contributed by atoms with E-state index >= 15 is 0 Å². The highest BCUT2D eigenvalue weighted by Crippen LogP contribution is 2.52. The van der Waals surface area contributed by atoms with E-state index in [0.717, 1.165) is 38.5 Å². The molecule has 1 amide bonds. The minimum Gasteiger partial charge on any atom is -0.481 e. The van der Waals surface area contributed by atoms with Gasteiger partial charge in [-0.05, 0) is 55.9 Å². The molecule has 2 fully saturated rings. The lowest BCUT2D eigenvalue weighted by Crippen LogP contribution is -2.41. The number of aryl methyl sites for hydroxylation is 1. The molecular weight excluding hydrogens is 290 g/mol. The van der Waals surface area contributed by atoms with Gasteiger partial charge in [-0.2, -0.15) is 0 Å². The molecule has 1 aromatic carbocycles. The quantitative estimate of drug-likeness (QED) is 0.760. The molecule has 0 radical (unpaired) electrons. The van der Waals surface area contributed by atoms with Crippen molar-refractivity contribution in [2.75, 3.05) is 6.54 Å². The van der Waals surface area contributed by atoms with Crippen molar-refractivity contribution >= 4 is 11.9 Å². The lowest BCUT2D eigenvalue weighted by Gasteiger charge is -2.27. The number of hydrogen-bond donors (Lipinski definition) is 2. The molecule has 0 aromatic heterocycles. The maximum absolute atomic E-state index is 12.4. The first-order chi connectivity index (χ1) is 11.2. The monoisotopic (exact) mass is 315 g/mol. The van der Waals surface area contributed by atoms with Gasteiger partial charge in [-0.15, -0.1) is 0 Å². The van der Waals surface area contributed by atoms with E-state index in [-0.39, 0.29) is 23.7 Å². The summed E-state index contributed by atoms with van der Waals surface area (Å²) in [7, 11) is 0. The topological polar surface area (TPSA) is 66.4 Å². The first-order valence-corrected chi connectivity index (χ1v) is 8.71. The standard InChI is InChI=1S/C19H25NO3/c21-18(16-14-9-10-15(12-14)17(16)19(22)23)20-11-5-4-8-13-6-2-1-3-7-13/h1-3,6-7,14-17H,4-5,8-12H2,(H,20,21)(H,22,23)/t14-,15-,16-,17+/m0/s1. The number of amides is 1. The average molecular weight is 315 g/mol. The molecule has 3 rings (SSSR count). The predicted molar refractivity (Wildman–Crippen MR) is 87.8 cm³/mol. The molecule has 23 heavy (non-hydrogen) atoms. The number of aliphatic carboxylic acids is 1. The van der Waals surface area contributed by atoms with Crippen LogP contribution in [0.3, 0.4) is 0 Å². The normalized spacial score (nSPS) is 28.7. The van der Waals surface area contributed by atoms with Gasteiger partial charge >= 0.3 is 5.97 Å². The summed E-state index contributed by atoms with van der Waals surface area (Å²) in [5.74, 6) is -1.10. The van der Waals surface area contributed by atoms with Crippen LogP contribution in [0.4, 0.5) is 0 Å². The van der Waals surface area contributed by atoms with Crippen molar-refractivity contribution in [3.63, 3.8) is 0 Å². The molecule has 4 heteroatoms. The Morgan fingerprint density at radius 3 is 2.43 bits per heavy atom. The van der Waals surface area contributed by atoms with Crippen LogP contribution in [-0.4, -0.2) is 23.5 Å². The summed E-state index contributed by atoms with van der Waals surface area (Å²) in [5, 5.41) is 12.4. The van der Waals surface area contributed by atoms with Crippen LogP contribution in [0.25, 0.3) is 0 Å². The van der Waals surface area contributed by atoms with Gasteiger partial charge in [-0.3, -0.25) is 9.59 Å². The van der Waals surface area contributed by atoms with Crippen LogP contribution in [0.2, 0.25) is 0 Å². The van der Waals surface area contributed by atoms with Gasteiger partial charge < -0.3 is 10.4 Å². The van der Waals surface area contributed by atoms with Gasteiger partial charge in [0.2, 0.25) is 5.91 Å². The molecule has 2 aliphatic carbocycles. The largest absolute Gasteiger partial charge is 0.481 e. The second-order valence-electron chi connectivity index (χ2n) is 6.96. The Kier molecular flexibility index (Phi) is 4.99. The van der Waals surface area contributed by atoms with Gasteiger partial charge in [0.15, 0.2) is 0 Å². The molecule has 2 bridgehead atoms. The second kappa shape index (κ2) is 7.16. The van der Waals surface area contributed by atoms with Crippen molar-refractivity contribution in [1.82, 2.24) is 5.32 Å². The number of carbonyl (C=O) groups excluding carboxylic acids is 1. The fourth-order valence-electron chi connectivity index (χ4n) is 4.45. The Morgan fingerprint density at radius 1 is 1.04 bits per heavy atom. The van der Waals surface area contributed by atoms with E-state index in [1.54, 1.807) is 0 Å². The van der Waals surface area contributed by atoms with Crippen molar-refractivity contribution in [3.8, 4) is 0 Å². The van der Waals surface area contributed by atoms with Crippen LogP contribution in [-0.2, 0) is 16.0 Å². The zero-order valence-electron chi connectivity index (χ0n) is 13.4. The number of unbranched alkanes of at least 4 members (excludes halogenated alkanes) is 1. The Hall–Kier alpha value is -1.84. The third-order valence-corrected chi connectivity index (χ3v) is 5.54. The number of fused-ring (bicyclic) bond motifs is 2. The van der Waals surface area contributed by atoms with Gasteiger partial charge in [0.1, 0.15) is 0 Å². The Labute approximate surface area is 137 Å². The van der Waals surface area contributed by atoms with E-state index in [4.69, 9.17) is 0 Å². The summed E-state index contributed by atoms with van der Waals surface area (Å²) < 4.78 is 0. The van der Waals surface area contributed by atoms with Gasteiger partial charge in [0, 0.05) is 6.54 Å². The van der Waals surface area contributed by atoms with Crippen molar-refractivity contribution in [1.29, 1.82) is 0 Å². The second-order valence-corrected chi connectivity index (χ2v) is 6.96. The van der Waals surface area contributed by atoms with Crippen LogP contribution in [0, 0.1) is 23.7 Å². The highest BCUT2D eigenvalue weighted by atomic mass is 16.4. The number of rotatable bonds is 7. The van der Waals surface area contributed by atoms with Crippen LogP contribution in [0.5, 0.6) is 0 Å². The molecule has 2 N–H and O–H groups in total. The number of carboxylic acids is 1. The molecule has 0 heterocycles. The highest BCUT2D eigenvalue weighted by Gasteiger charge is 2.53. The third kappa shape index (κ3) is 3.57. The maximum atomic E-state index is 12.4. The zero-order chi connectivity index (χ0) is 16.2. The van der Waals surface area contributed by atoms with Crippen molar-refractivity contribution < 1.29 is 14.7 Å². The summed E-state index contributed by atoms with van der Waals surface area (Å²) in [5.41, 5.74) is 1.32. The fourth-order valence-corrected chi connectivity index (χ4v) is 4.45. The molecule has 0 saturated heterocycles. The van der Waals surface area contributed by atoms with Gasteiger partial charge in [0.05, 0.1) is 11.8 Å². The molecule has 0 aliphatic heterocycles. The summed E-state index contributed by atoms with van der Waals surface area (Å²) in [6.07, 6.45) is 5.89. The van der Waals surface area contributed by atoms with Crippen molar-refractivity contribution in [3.05, 3.63) is 35.9 Å². The summed E-state index contributed by atoms with van der Waals surface area (Å²) in [6, 6.07) is 10.3. The van der Waals surface area contributed by atoms with Crippen molar-refractivity contribution in [2.24, 2.45) is 23.7 Å². The summed E-state index contributed by atoms with van der Waals surface area (Å²) in [6.45, 7) is 0.645. The Morgan fingerprint density at radius 2 is 1.74 bits per heavy atom. The Bertz CT molecular complexity index is 557. The molecular formula is C19H25NO3. The Balaban J connectivity index is 1.42. The molecule has 124 valence electrons. The number of nitrogens with one attached hydrogen (secondary N) is 1. The maximum Gasteiger partial charge on any atom is 0.307 e. The molecule has 2 saturated carbocycles. The highest BCUT2D eigenvalue weighted by molar-refractivity contribution is 5.86. The number of hydrogen-bond acceptors (Lipinski definition) is 2. The molecule has 1 aromatic rings. The van der Waals surface area contributed by atoms with Gasteiger partial charge in [0.25, 0.3) is 0 Å². The minimum atomic E-state index is -0.790. The van der Waals surface area contributed by atoms with E-state index in [1.807, 2.05) is 18.2 Å². The molecule has 2 aliphatic rings. The smallest absolute Gasteiger partial charge is 0.307 e. The van der Waals surface area contributed by atoms with E-state index in [0.29, 0.717) is 6.54 Å². The number of carbonyl (C=O) groups is 2. The first-order valence-electron chi connectivity index (χ1n) is 8.71. The van der Waals surface area contributed by atoms with E-state index in [1.165, 1.54) is 5.56 Å². The van der Waals surface area contributed by atoms with Gasteiger partial charge in [-0.25, -0.2) is 0 Å². The number of carboxylic acid groups (broad SMARTS) is 1. The molecule has 4 atom stereocenters. The van der Waals surface area contributed by atoms with E-state index in [9.17, 15) is 14.7 Å². The lowest BCUT2D eigenvalue weighted by molar-refractivity contribution is -0.149. The average Bonchev–Trinajstić information content (AvgIpc) is 3.16. The summed E-state index contributed by atoms with van der Waals surface area (Å²) in [4.78, 5) is 23.9. The van der Waals surface area contributed by atoms with E-state index < -0.39 is 11.9 Å². The predicted octanol–water partition coefficient (Wildman–Crippen LogP) is 2.87.